The van der Waals surface area contributed by atoms with Crippen molar-refractivity contribution < 1.29 is 9.32 Å². The molecule has 3 rings (SSSR count). The normalized spacial score (nSPS) is 28.7. The maximum Gasteiger partial charge on any atom is 0.259 e. The van der Waals surface area contributed by atoms with Gasteiger partial charge in [-0.25, -0.2) is 0 Å². The second-order valence-corrected chi connectivity index (χ2v) is 4.23. The molecule has 0 aliphatic carbocycles. The molecule has 0 spiro atoms. The zero-order chi connectivity index (χ0) is 10.4. The Hall–Kier alpha value is -1.36. The number of hydrogen-bond acceptors (Lipinski definition) is 4. The molecule has 2 aliphatic heterocycles. The van der Waals surface area contributed by atoms with Crippen molar-refractivity contribution in [2.24, 2.45) is 0 Å². The average Bonchev–Trinajstić information content (AvgIpc) is 2.65. The van der Waals surface area contributed by atoms with E-state index in [1.54, 1.807) is 6.92 Å². The molecule has 15 heavy (non-hydrogen) atoms. The van der Waals surface area contributed by atoms with Crippen molar-refractivity contribution in [3.05, 3.63) is 17.5 Å². The number of carbonyl (C=O) groups excluding carboxylic acids is 1. The Kier molecular flexibility index (Phi) is 1.82. The number of fused-ring (bicyclic) bond motifs is 2. The van der Waals surface area contributed by atoms with E-state index in [1.807, 2.05) is 4.90 Å². The lowest BCUT2D eigenvalue weighted by molar-refractivity contribution is -0.00227. The molecule has 2 aliphatic rings. The second-order valence-electron chi connectivity index (χ2n) is 4.23. The molecule has 2 saturated heterocycles. The van der Waals surface area contributed by atoms with Gasteiger partial charge in [0.05, 0.1) is 5.69 Å². The summed E-state index contributed by atoms with van der Waals surface area (Å²) >= 11 is 0. The molecule has 1 aromatic rings. The van der Waals surface area contributed by atoms with E-state index in [4.69, 9.17) is 4.52 Å². The van der Waals surface area contributed by atoms with Gasteiger partial charge in [0.2, 0.25) is 0 Å². The molecule has 1 amide bonds. The highest BCUT2D eigenvalue weighted by atomic mass is 16.5. The van der Waals surface area contributed by atoms with Gasteiger partial charge in [0.1, 0.15) is 11.8 Å². The van der Waals surface area contributed by atoms with Crippen LogP contribution in [0.1, 0.15) is 22.5 Å². The molecule has 80 valence electrons. The first kappa shape index (κ1) is 8.91. The van der Waals surface area contributed by atoms with E-state index < -0.39 is 0 Å². The molecular weight excluding hydrogens is 194 g/mol. The quantitative estimate of drug-likeness (QED) is 0.713. The van der Waals surface area contributed by atoms with Gasteiger partial charge in [-0.15, -0.1) is 0 Å². The van der Waals surface area contributed by atoms with Crippen LogP contribution in [-0.2, 0) is 0 Å². The zero-order valence-corrected chi connectivity index (χ0v) is 8.56. The Labute approximate surface area is 87.4 Å². The first-order valence-corrected chi connectivity index (χ1v) is 5.21. The predicted octanol–water partition coefficient (Wildman–Crippen LogP) is 0.169. The number of piperidine rings is 1. The summed E-state index contributed by atoms with van der Waals surface area (Å²) in [5.74, 6) is 0.0662. The van der Waals surface area contributed by atoms with Crippen molar-refractivity contribution in [2.45, 2.75) is 25.4 Å². The minimum absolute atomic E-state index is 0.0662. The lowest BCUT2D eigenvalue weighted by atomic mass is 9.88. The number of aromatic nitrogens is 1. The standard InChI is InChI=1S/C10H13N3O2/c1-6-9(5-15-12-6)10(14)13-7-2-8(13)4-11-3-7/h5,7-8,11H,2-4H2,1H3. The van der Waals surface area contributed by atoms with Gasteiger partial charge in [-0.3, -0.25) is 4.79 Å². The van der Waals surface area contributed by atoms with E-state index >= 15 is 0 Å². The fraction of sp³-hybridized carbons (Fsp3) is 0.600. The minimum atomic E-state index is 0.0662. The van der Waals surface area contributed by atoms with Crippen LogP contribution in [0, 0.1) is 6.92 Å². The summed E-state index contributed by atoms with van der Waals surface area (Å²) in [4.78, 5) is 14.1. The van der Waals surface area contributed by atoms with Crippen LogP contribution >= 0.6 is 0 Å². The first-order valence-electron chi connectivity index (χ1n) is 5.21. The van der Waals surface area contributed by atoms with E-state index in [9.17, 15) is 4.79 Å². The number of amides is 1. The monoisotopic (exact) mass is 207 g/mol. The Bertz CT molecular complexity index is 387. The topological polar surface area (TPSA) is 58.4 Å². The fourth-order valence-electron chi connectivity index (χ4n) is 2.45. The Morgan fingerprint density at radius 3 is 2.87 bits per heavy atom. The third kappa shape index (κ3) is 1.19. The van der Waals surface area contributed by atoms with Crippen LogP contribution in [0.5, 0.6) is 0 Å². The molecule has 2 unspecified atom stereocenters. The summed E-state index contributed by atoms with van der Waals surface area (Å²) in [6.07, 6.45) is 2.57. The molecule has 0 radical (unpaired) electrons. The van der Waals surface area contributed by atoms with Crippen molar-refractivity contribution in [3.8, 4) is 0 Å². The molecule has 2 atom stereocenters. The van der Waals surface area contributed by atoms with Crippen LogP contribution in [0.2, 0.25) is 0 Å². The summed E-state index contributed by atoms with van der Waals surface area (Å²) < 4.78 is 4.79. The summed E-state index contributed by atoms with van der Waals surface area (Å²) in [6, 6.07) is 0.732. The lowest BCUT2D eigenvalue weighted by Gasteiger charge is -2.52. The highest BCUT2D eigenvalue weighted by Crippen LogP contribution is 2.30. The summed E-state index contributed by atoms with van der Waals surface area (Å²) in [7, 11) is 0. The van der Waals surface area contributed by atoms with Gasteiger partial charge in [-0.2, -0.15) is 0 Å². The van der Waals surface area contributed by atoms with E-state index in [0.717, 1.165) is 19.5 Å². The molecule has 0 saturated carbocycles. The second kappa shape index (κ2) is 3.06. The molecule has 1 N–H and O–H groups in total. The molecular formula is C10H13N3O2. The van der Waals surface area contributed by atoms with Crippen LogP contribution in [-0.4, -0.2) is 41.1 Å². The number of carbonyl (C=O) groups is 1. The van der Waals surface area contributed by atoms with Crippen molar-refractivity contribution in [3.63, 3.8) is 0 Å². The van der Waals surface area contributed by atoms with Crippen LogP contribution in [0.4, 0.5) is 0 Å². The molecule has 0 aromatic carbocycles. The van der Waals surface area contributed by atoms with Crippen molar-refractivity contribution >= 4 is 5.91 Å². The maximum absolute atomic E-state index is 12.1. The number of hydrogen-bond donors (Lipinski definition) is 1. The van der Waals surface area contributed by atoms with E-state index in [2.05, 4.69) is 10.5 Å². The molecule has 2 fully saturated rings. The van der Waals surface area contributed by atoms with Gasteiger partial charge >= 0.3 is 0 Å². The Morgan fingerprint density at radius 1 is 1.60 bits per heavy atom. The van der Waals surface area contributed by atoms with Gasteiger partial charge < -0.3 is 14.7 Å². The van der Waals surface area contributed by atoms with Crippen LogP contribution in [0.25, 0.3) is 0 Å². The van der Waals surface area contributed by atoms with Gasteiger partial charge in [0.15, 0.2) is 0 Å². The lowest BCUT2D eigenvalue weighted by Crippen LogP contribution is -2.69. The highest BCUT2D eigenvalue weighted by Gasteiger charge is 2.45. The third-order valence-corrected chi connectivity index (χ3v) is 3.31. The fourth-order valence-corrected chi connectivity index (χ4v) is 2.45. The Balaban J connectivity index is 1.84. The van der Waals surface area contributed by atoms with E-state index in [1.165, 1.54) is 6.26 Å². The van der Waals surface area contributed by atoms with Crippen LogP contribution in [0.3, 0.4) is 0 Å². The number of nitrogens with zero attached hydrogens (tertiary/aromatic N) is 2. The van der Waals surface area contributed by atoms with Gasteiger partial charge in [0.25, 0.3) is 5.91 Å². The number of piperazine rings is 1. The largest absolute Gasteiger partial charge is 0.364 e. The molecule has 5 heteroatoms. The summed E-state index contributed by atoms with van der Waals surface area (Å²) in [5, 5.41) is 7.03. The van der Waals surface area contributed by atoms with E-state index in [0.29, 0.717) is 23.3 Å². The summed E-state index contributed by atoms with van der Waals surface area (Å²) in [6.45, 7) is 3.61. The van der Waals surface area contributed by atoms with Crippen LogP contribution in [0.15, 0.2) is 10.8 Å². The number of nitrogens with one attached hydrogen (secondary N) is 1. The minimum Gasteiger partial charge on any atom is -0.364 e. The van der Waals surface area contributed by atoms with Crippen LogP contribution < -0.4 is 5.32 Å². The van der Waals surface area contributed by atoms with Crippen molar-refractivity contribution in [1.82, 2.24) is 15.4 Å². The summed E-state index contributed by atoms with van der Waals surface area (Å²) in [5.41, 5.74) is 1.28. The van der Waals surface area contributed by atoms with Gasteiger partial charge in [0, 0.05) is 25.2 Å². The van der Waals surface area contributed by atoms with Crippen molar-refractivity contribution in [1.29, 1.82) is 0 Å². The zero-order valence-electron chi connectivity index (χ0n) is 8.56. The molecule has 3 heterocycles. The van der Waals surface area contributed by atoms with Gasteiger partial charge in [-0.1, -0.05) is 5.16 Å². The smallest absolute Gasteiger partial charge is 0.259 e. The number of aryl methyl sites for hydroxylation is 1. The van der Waals surface area contributed by atoms with E-state index in [-0.39, 0.29) is 5.91 Å². The van der Waals surface area contributed by atoms with Crippen molar-refractivity contribution in [2.75, 3.05) is 13.1 Å². The van der Waals surface area contributed by atoms with Gasteiger partial charge in [-0.05, 0) is 13.3 Å². The first-order chi connectivity index (χ1) is 7.27. The predicted molar refractivity (Wildman–Crippen MR) is 52.5 cm³/mol. The maximum atomic E-state index is 12.1. The molecule has 5 nitrogen and oxygen atoms in total. The average molecular weight is 207 g/mol. The number of rotatable bonds is 1. The third-order valence-electron chi connectivity index (χ3n) is 3.31. The highest BCUT2D eigenvalue weighted by molar-refractivity contribution is 5.95. The SMILES string of the molecule is Cc1nocc1C(=O)N1C2CNCC1C2. The Morgan fingerprint density at radius 2 is 2.33 bits per heavy atom. The molecule has 2 bridgehead atoms. The molecule has 1 aromatic heterocycles.